The van der Waals surface area contributed by atoms with Gasteiger partial charge in [0.2, 0.25) is 0 Å². The van der Waals surface area contributed by atoms with Gasteiger partial charge in [-0.2, -0.15) is 0 Å². The van der Waals surface area contributed by atoms with Crippen LogP contribution in [0.3, 0.4) is 0 Å². The van der Waals surface area contributed by atoms with Gasteiger partial charge in [-0.3, -0.25) is 4.90 Å². The SMILES string of the molecule is CCC1CCCCC1(CN)N1CCCC(COC)C1. The van der Waals surface area contributed by atoms with Gasteiger partial charge in [0.05, 0.1) is 6.61 Å². The highest BCUT2D eigenvalue weighted by atomic mass is 16.5. The van der Waals surface area contributed by atoms with Crippen LogP contribution >= 0.6 is 0 Å². The molecular formula is C16H32N2O. The summed E-state index contributed by atoms with van der Waals surface area (Å²) < 4.78 is 5.38. The molecule has 3 unspecified atom stereocenters. The maximum Gasteiger partial charge on any atom is 0.0502 e. The van der Waals surface area contributed by atoms with Gasteiger partial charge >= 0.3 is 0 Å². The Morgan fingerprint density at radius 3 is 2.79 bits per heavy atom. The lowest BCUT2D eigenvalue weighted by Crippen LogP contribution is -2.62. The average Bonchev–Trinajstić information content (AvgIpc) is 2.47. The van der Waals surface area contributed by atoms with Crippen LogP contribution in [0.1, 0.15) is 51.9 Å². The van der Waals surface area contributed by atoms with E-state index in [1.807, 2.05) is 7.11 Å². The maximum atomic E-state index is 6.28. The Labute approximate surface area is 118 Å². The van der Waals surface area contributed by atoms with Crippen LogP contribution in [0.4, 0.5) is 0 Å². The van der Waals surface area contributed by atoms with Crippen molar-refractivity contribution in [2.75, 3.05) is 33.4 Å². The van der Waals surface area contributed by atoms with E-state index >= 15 is 0 Å². The summed E-state index contributed by atoms with van der Waals surface area (Å²) in [5, 5.41) is 0. The maximum absolute atomic E-state index is 6.28. The summed E-state index contributed by atoms with van der Waals surface area (Å²) in [6.07, 6.45) is 9.35. The van der Waals surface area contributed by atoms with Gasteiger partial charge < -0.3 is 10.5 Å². The third-order valence-electron chi connectivity index (χ3n) is 5.57. The molecule has 19 heavy (non-hydrogen) atoms. The Morgan fingerprint density at radius 2 is 2.11 bits per heavy atom. The summed E-state index contributed by atoms with van der Waals surface area (Å²) in [6.45, 7) is 6.53. The lowest BCUT2D eigenvalue weighted by molar-refractivity contribution is -0.0329. The Morgan fingerprint density at radius 1 is 1.26 bits per heavy atom. The first-order chi connectivity index (χ1) is 9.26. The molecule has 0 aromatic carbocycles. The quantitative estimate of drug-likeness (QED) is 0.833. The fraction of sp³-hybridized carbons (Fsp3) is 1.00. The van der Waals surface area contributed by atoms with Crippen LogP contribution in [0.2, 0.25) is 0 Å². The van der Waals surface area contributed by atoms with Crippen molar-refractivity contribution >= 4 is 0 Å². The normalized spacial score (nSPS) is 37.4. The van der Waals surface area contributed by atoms with Gasteiger partial charge in [-0.25, -0.2) is 0 Å². The zero-order chi connectivity index (χ0) is 13.7. The summed E-state index contributed by atoms with van der Waals surface area (Å²) >= 11 is 0. The Balaban J connectivity index is 2.10. The first-order valence-electron chi connectivity index (χ1n) is 8.21. The van der Waals surface area contributed by atoms with Crippen molar-refractivity contribution in [1.29, 1.82) is 0 Å². The van der Waals surface area contributed by atoms with E-state index in [9.17, 15) is 0 Å². The van der Waals surface area contributed by atoms with Gasteiger partial charge in [-0.05, 0) is 44.1 Å². The van der Waals surface area contributed by atoms with E-state index in [1.54, 1.807) is 0 Å². The zero-order valence-electron chi connectivity index (χ0n) is 12.9. The van der Waals surface area contributed by atoms with E-state index in [2.05, 4.69) is 11.8 Å². The van der Waals surface area contributed by atoms with Crippen LogP contribution in [0.25, 0.3) is 0 Å². The number of nitrogens with two attached hydrogens (primary N) is 1. The molecule has 0 radical (unpaired) electrons. The second-order valence-corrected chi connectivity index (χ2v) is 6.57. The Hall–Kier alpha value is -0.120. The van der Waals surface area contributed by atoms with E-state index < -0.39 is 0 Å². The van der Waals surface area contributed by atoms with Crippen LogP contribution < -0.4 is 5.73 Å². The summed E-state index contributed by atoms with van der Waals surface area (Å²) in [5.41, 5.74) is 6.57. The molecule has 3 nitrogen and oxygen atoms in total. The number of hydrogen-bond acceptors (Lipinski definition) is 3. The molecule has 2 N–H and O–H groups in total. The lowest BCUT2D eigenvalue weighted by atomic mass is 9.69. The minimum atomic E-state index is 0.291. The van der Waals surface area contributed by atoms with Crippen LogP contribution in [-0.2, 0) is 4.74 Å². The molecule has 0 aromatic rings. The topological polar surface area (TPSA) is 38.5 Å². The molecule has 2 aliphatic rings. The smallest absolute Gasteiger partial charge is 0.0502 e. The van der Waals surface area contributed by atoms with E-state index in [0.29, 0.717) is 11.5 Å². The number of hydrogen-bond donors (Lipinski definition) is 1. The predicted molar refractivity (Wildman–Crippen MR) is 80.2 cm³/mol. The van der Waals surface area contributed by atoms with Crippen LogP contribution in [0, 0.1) is 11.8 Å². The number of nitrogens with zero attached hydrogens (tertiary/aromatic N) is 1. The molecule has 2 fully saturated rings. The number of rotatable bonds is 5. The van der Waals surface area contributed by atoms with Gasteiger partial charge in [0, 0.05) is 25.7 Å². The standard InChI is InChI=1S/C16H32N2O/c1-3-15-8-4-5-9-16(15,13-17)18-10-6-7-14(11-18)12-19-2/h14-15H,3-13,17H2,1-2H3. The molecule has 2 rings (SSSR count). The molecule has 0 bridgehead atoms. The highest BCUT2D eigenvalue weighted by molar-refractivity contribution is 5.00. The first kappa shape index (κ1) is 15.3. The molecule has 1 heterocycles. The van der Waals surface area contributed by atoms with E-state index in [0.717, 1.165) is 19.1 Å². The molecule has 1 aliphatic carbocycles. The van der Waals surface area contributed by atoms with Gasteiger partial charge in [-0.15, -0.1) is 0 Å². The van der Waals surface area contributed by atoms with Crippen LogP contribution in [-0.4, -0.2) is 43.8 Å². The Kier molecular flexibility index (Phi) is 5.67. The summed E-state index contributed by atoms with van der Waals surface area (Å²) in [5.74, 6) is 1.51. The van der Waals surface area contributed by atoms with Gasteiger partial charge in [0.25, 0.3) is 0 Å². The minimum Gasteiger partial charge on any atom is -0.384 e. The second-order valence-electron chi connectivity index (χ2n) is 6.57. The average molecular weight is 268 g/mol. The number of likely N-dealkylation sites (tertiary alicyclic amines) is 1. The summed E-state index contributed by atoms with van der Waals surface area (Å²) in [7, 11) is 1.83. The van der Waals surface area contributed by atoms with Gasteiger partial charge in [-0.1, -0.05) is 26.2 Å². The van der Waals surface area contributed by atoms with Crippen LogP contribution in [0.15, 0.2) is 0 Å². The van der Waals surface area contributed by atoms with E-state index in [1.165, 1.54) is 58.0 Å². The van der Waals surface area contributed by atoms with Crippen molar-refractivity contribution in [2.45, 2.75) is 57.4 Å². The third-order valence-corrected chi connectivity index (χ3v) is 5.57. The highest BCUT2D eigenvalue weighted by Gasteiger charge is 2.44. The minimum absolute atomic E-state index is 0.291. The zero-order valence-corrected chi connectivity index (χ0v) is 12.9. The number of methoxy groups -OCH3 is 1. The largest absolute Gasteiger partial charge is 0.384 e. The lowest BCUT2D eigenvalue weighted by Gasteiger charge is -2.53. The molecule has 3 atom stereocenters. The Bertz CT molecular complexity index is 269. The van der Waals surface area contributed by atoms with E-state index in [-0.39, 0.29) is 0 Å². The van der Waals surface area contributed by atoms with Crippen molar-refractivity contribution in [2.24, 2.45) is 17.6 Å². The van der Waals surface area contributed by atoms with Crippen molar-refractivity contribution < 1.29 is 4.74 Å². The number of piperidine rings is 1. The third kappa shape index (κ3) is 3.14. The molecule has 1 aliphatic heterocycles. The molecule has 0 amide bonds. The first-order valence-corrected chi connectivity index (χ1v) is 8.21. The second kappa shape index (κ2) is 7.05. The number of ether oxygens (including phenoxy) is 1. The molecule has 1 saturated heterocycles. The molecule has 0 spiro atoms. The monoisotopic (exact) mass is 268 g/mol. The fourth-order valence-electron chi connectivity index (χ4n) is 4.53. The molecular weight excluding hydrogens is 236 g/mol. The predicted octanol–water partition coefficient (Wildman–Crippen LogP) is 2.64. The summed E-state index contributed by atoms with van der Waals surface area (Å²) in [4.78, 5) is 2.74. The van der Waals surface area contributed by atoms with Gasteiger partial charge in [0.1, 0.15) is 0 Å². The molecule has 1 saturated carbocycles. The van der Waals surface area contributed by atoms with Crippen molar-refractivity contribution in [1.82, 2.24) is 4.90 Å². The van der Waals surface area contributed by atoms with Gasteiger partial charge in [0.15, 0.2) is 0 Å². The van der Waals surface area contributed by atoms with Crippen molar-refractivity contribution in [3.05, 3.63) is 0 Å². The summed E-state index contributed by atoms with van der Waals surface area (Å²) in [6, 6.07) is 0. The molecule has 0 aromatic heterocycles. The molecule has 3 heteroatoms. The van der Waals surface area contributed by atoms with Crippen molar-refractivity contribution in [3.63, 3.8) is 0 Å². The van der Waals surface area contributed by atoms with Crippen LogP contribution in [0.5, 0.6) is 0 Å². The molecule has 112 valence electrons. The fourth-order valence-corrected chi connectivity index (χ4v) is 4.53. The van der Waals surface area contributed by atoms with Crippen molar-refractivity contribution in [3.8, 4) is 0 Å². The highest BCUT2D eigenvalue weighted by Crippen LogP contribution is 2.41. The van der Waals surface area contributed by atoms with E-state index in [4.69, 9.17) is 10.5 Å².